The number of nitrogens with one attached hydrogen (secondary N) is 2. The summed E-state index contributed by atoms with van der Waals surface area (Å²) in [4.78, 5) is 35.0. The maximum Gasteiger partial charge on any atom is 0.407 e. The third-order valence-electron chi connectivity index (χ3n) is 6.74. The molecule has 0 aliphatic carbocycles. The second-order valence-corrected chi connectivity index (χ2v) is 9.65. The van der Waals surface area contributed by atoms with Crippen LogP contribution < -0.4 is 15.8 Å². The van der Waals surface area contributed by atoms with E-state index in [1.54, 1.807) is 11.1 Å². The van der Waals surface area contributed by atoms with E-state index in [0.717, 1.165) is 29.7 Å². The molecule has 0 bridgehead atoms. The molecule has 2 aromatic carbocycles. The Balaban J connectivity index is 1.53. The number of amides is 2. The van der Waals surface area contributed by atoms with Gasteiger partial charge in [-0.25, -0.2) is 9.78 Å². The van der Waals surface area contributed by atoms with Gasteiger partial charge in [-0.1, -0.05) is 50.2 Å². The van der Waals surface area contributed by atoms with Crippen molar-refractivity contribution in [3.63, 3.8) is 0 Å². The van der Waals surface area contributed by atoms with Crippen LogP contribution in [0.25, 0.3) is 11.3 Å². The molecule has 37 heavy (non-hydrogen) atoms. The van der Waals surface area contributed by atoms with Gasteiger partial charge >= 0.3 is 6.09 Å². The number of ether oxygens (including phenoxy) is 2. The molecule has 1 aliphatic heterocycles. The second kappa shape index (κ2) is 11.4. The van der Waals surface area contributed by atoms with E-state index in [-0.39, 0.29) is 24.0 Å². The van der Waals surface area contributed by atoms with E-state index in [1.807, 2.05) is 69.3 Å². The van der Waals surface area contributed by atoms with Gasteiger partial charge in [-0.05, 0) is 43.4 Å². The van der Waals surface area contributed by atoms with E-state index in [2.05, 4.69) is 15.3 Å². The van der Waals surface area contributed by atoms with E-state index in [4.69, 9.17) is 15.2 Å². The van der Waals surface area contributed by atoms with Gasteiger partial charge in [0.15, 0.2) is 0 Å². The van der Waals surface area contributed by atoms with Crippen molar-refractivity contribution in [1.82, 2.24) is 20.2 Å². The molecule has 0 saturated carbocycles. The van der Waals surface area contributed by atoms with Crippen molar-refractivity contribution >= 4 is 17.7 Å². The van der Waals surface area contributed by atoms with Crippen LogP contribution in [-0.4, -0.2) is 46.6 Å². The van der Waals surface area contributed by atoms with Gasteiger partial charge in [0.25, 0.3) is 0 Å². The summed E-state index contributed by atoms with van der Waals surface area (Å²) in [5, 5.41) is 2.68. The summed E-state index contributed by atoms with van der Waals surface area (Å²) in [5.74, 6) is 1.07. The Morgan fingerprint density at radius 1 is 1.16 bits per heavy atom. The van der Waals surface area contributed by atoms with Crippen molar-refractivity contribution in [2.45, 2.75) is 51.8 Å². The minimum absolute atomic E-state index is 0.0912. The monoisotopic (exact) mass is 505 g/mol. The first-order chi connectivity index (χ1) is 17.8. The van der Waals surface area contributed by atoms with Crippen LogP contribution in [0.1, 0.15) is 57.1 Å². The van der Waals surface area contributed by atoms with Gasteiger partial charge in [0.1, 0.15) is 23.7 Å². The Morgan fingerprint density at radius 2 is 1.92 bits per heavy atom. The number of rotatable bonds is 8. The fraction of sp³-hybridized carbons (Fsp3) is 0.393. The van der Waals surface area contributed by atoms with Crippen LogP contribution in [0.15, 0.2) is 54.7 Å². The lowest BCUT2D eigenvalue weighted by Gasteiger charge is -2.30. The second-order valence-electron chi connectivity index (χ2n) is 9.65. The number of nitrogen functional groups attached to an aromatic ring is 1. The van der Waals surface area contributed by atoms with Gasteiger partial charge in [-0.15, -0.1) is 0 Å². The molecule has 9 heteroatoms. The first kappa shape index (κ1) is 26.1. The van der Waals surface area contributed by atoms with Gasteiger partial charge in [0.05, 0.1) is 30.7 Å². The van der Waals surface area contributed by atoms with Crippen molar-refractivity contribution in [3.8, 4) is 17.0 Å². The molecular weight excluding hydrogens is 470 g/mol. The fourth-order valence-electron chi connectivity index (χ4n) is 4.63. The van der Waals surface area contributed by atoms with E-state index < -0.39 is 12.1 Å². The van der Waals surface area contributed by atoms with Crippen LogP contribution in [0.5, 0.6) is 5.75 Å². The number of alkyl carbamates (subject to hydrolysis) is 1. The van der Waals surface area contributed by atoms with Crippen molar-refractivity contribution in [1.29, 1.82) is 0 Å². The lowest BCUT2D eigenvalue weighted by atomic mass is 10.0. The number of imidazole rings is 1. The topological polar surface area (TPSA) is 123 Å². The lowest BCUT2D eigenvalue weighted by molar-refractivity contribution is -0.135. The first-order valence-electron chi connectivity index (χ1n) is 12.6. The van der Waals surface area contributed by atoms with Crippen LogP contribution in [0.2, 0.25) is 0 Å². The van der Waals surface area contributed by atoms with Crippen molar-refractivity contribution < 1.29 is 19.1 Å². The number of hydrogen-bond donors (Lipinski definition) is 3. The fourth-order valence-corrected chi connectivity index (χ4v) is 4.63. The summed E-state index contributed by atoms with van der Waals surface area (Å²) in [6.07, 6.45) is 2.62. The van der Waals surface area contributed by atoms with Crippen LogP contribution in [0, 0.1) is 5.92 Å². The number of aromatic amines is 1. The van der Waals surface area contributed by atoms with E-state index in [1.165, 1.54) is 7.11 Å². The summed E-state index contributed by atoms with van der Waals surface area (Å²) >= 11 is 0. The largest absolute Gasteiger partial charge is 0.484 e. The van der Waals surface area contributed by atoms with Crippen LogP contribution in [-0.2, 0) is 9.53 Å². The Kier molecular flexibility index (Phi) is 8.01. The van der Waals surface area contributed by atoms with E-state index >= 15 is 0 Å². The number of methoxy groups -OCH3 is 1. The number of anilines is 1. The molecule has 0 radical (unpaired) electrons. The van der Waals surface area contributed by atoms with Gasteiger partial charge in [0, 0.05) is 12.1 Å². The molecule has 4 N–H and O–H groups in total. The number of nitrogens with zero attached hydrogens (tertiary/aromatic N) is 2. The van der Waals surface area contributed by atoms with E-state index in [0.29, 0.717) is 23.8 Å². The molecule has 0 spiro atoms. The van der Waals surface area contributed by atoms with Crippen LogP contribution >= 0.6 is 0 Å². The van der Waals surface area contributed by atoms with Gasteiger partial charge in [-0.2, -0.15) is 0 Å². The maximum absolute atomic E-state index is 13.4. The molecule has 0 unspecified atom stereocenters. The zero-order chi connectivity index (χ0) is 26.5. The highest BCUT2D eigenvalue weighted by Gasteiger charge is 2.37. The normalized spacial score (nSPS) is 16.9. The molecule has 3 aromatic rings. The number of H-pyrrole nitrogens is 1. The third-order valence-corrected chi connectivity index (χ3v) is 6.74. The summed E-state index contributed by atoms with van der Waals surface area (Å²) in [5.41, 5.74) is 9.51. The number of carbonyl (C=O) groups is 2. The highest BCUT2D eigenvalue weighted by molar-refractivity contribution is 5.86. The maximum atomic E-state index is 13.4. The van der Waals surface area contributed by atoms with Gasteiger partial charge in [0.2, 0.25) is 5.91 Å². The SMILES string of the molecule is COC(=O)N[C@H](C(=O)N1CCC[C@H]1c1ncc(-c2ccc(N)c(O[C@H](C)c3ccccc3)c2)[nH]1)C(C)C. The van der Waals surface area contributed by atoms with Crippen LogP contribution in [0.3, 0.4) is 0 Å². The summed E-state index contributed by atoms with van der Waals surface area (Å²) in [7, 11) is 1.29. The molecule has 1 aliphatic rings. The number of likely N-dealkylation sites (tertiary alicyclic amines) is 1. The molecule has 1 saturated heterocycles. The molecule has 1 aromatic heterocycles. The zero-order valence-electron chi connectivity index (χ0n) is 21.7. The Hall–Kier alpha value is -4.01. The Labute approximate surface area is 217 Å². The number of aromatic nitrogens is 2. The average Bonchev–Trinajstić information content (AvgIpc) is 3.58. The van der Waals surface area contributed by atoms with E-state index in [9.17, 15) is 9.59 Å². The molecule has 4 rings (SSSR count). The quantitative estimate of drug-likeness (QED) is 0.377. The minimum atomic E-state index is -0.675. The number of nitrogens with two attached hydrogens (primary N) is 1. The highest BCUT2D eigenvalue weighted by atomic mass is 16.5. The Bertz CT molecular complexity index is 1230. The summed E-state index contributed by atoms with van der Waals surface area (Å²) < 4.78 is 10.9. The lowest BCUT2D eigenvalue weighted by Crippen LogP contribution is -2.51. The predicted molar refractivity (Wildman–Crippen MR) is 142 cm³/mol. The van der Waals surface area contributed by atoms with Crippen LogP contribution in [0.4, 0.5) is 10.5 Å². The predicted octanol–water partition coefficient (Wildman–Crippen LogP) is 4.84. The smallest absolute Gasteiger partial charge is 0.407 e. The highest BCUT2D eigenvalue weighted by Crippen LogP contribution is 2.35. The third kappa shape index (κ3) is 5.87. The minimum Gasteiger partial charge on any atom is -0.484 e. The first-order valence-corrected chi connectivity index (χ1v) is 12.6. The summed E-state index contributed by atoms with van der Waals surface area (Å²) in [6.45, 7) is 6.38. The number of carbonyl (C=O) groups excluding carboxylic acids is 2. The average molecular weight is 506 g/mol. The van der Waals surface area contributed by atoms with Crippen molar-refractivity contribution in [3.05, 3.63) is 66.1 Å². The molecule has 2 amide bonds. The molecule has 3 atom stereocenters. The van der Waals surface area contributed by atoms with Gasteiger partial charge < -0.3 is 30.4 Å². The van der Waals surface area contributed by atoms with Crippen molar-refractivity contribution in [2.75, 3.05) is 19.4 Å². The molecular formula is C28H35N5O4. The Morgan fingerprint density at radius 3 is 2.62 bits per heavy atom. The zero-order valence-corrected chi connectivity index (χ0v) is 21.7. The molecule has 196 valence electrons. The number of hydrogen-bond acceptors (Lipinski definition) is 6. The van der Waals surface area contributed by atoms with Gasteiger partial charge in [-0.3, -0.25) is 4.79 Å². The molecule has 2 heterocycles. The summed E-state index contributed by atoms with van der Waals surface area (Å²) in [6, 6.07) is 14.7. The molecule has 9 nitrogen and oxygen atoms in total. The number of benzene rings is 2. The molecule has 1 fully saturated rings. The standard InChI is InChI=1S/C28H35N5O4/c1-17(2)25(32-28(35)36-4)27(34)33-14-8-11-23(33)26-30-16-22(31-26)20-12-13-21(29)24(15-20)37-18(3)19-9-6-5-7-10-19/h5-7,9-10,12-13,15-18,23,25H,8,11,14,29H2,1-4H3,(H,30,31)(H,32,35)/t18-,23+,25+/m1/s1. The van der Waals surface area contributed by atoms with Crippen molar-refractivity contribution in [2.24, 2.45) is 5.92 Å².